The van der Waals surface area contributed by atoms with E-state index in [1.54, 1.807) is 13.0 Å². The van der Waals surface area contributed by atoms with E-state index in [2.05, 4.69) is 0 Å². The van der Waals surface area contributed by atoms with E-state index < -0.39 is 29.3 Å². The minimum atomic E-state index is -1.03. The Bertz CT molecular complexity index is 1410. The number of anilines is 1. The molecule has 1 amide bonds. The molecular formula is C28H24F3NO4. The molecule has 0 aliphatic carbocycles. The molecule has 1 N–H and O–H groups in total. The lowest BCUT2D eigenvalue weighted by Crippen LogP contribution is -2.29. The highest BCUT2D eigenvalue weighted by molar-refractivity contribution is 6.08. The van der Waals surface area contributed by atoms with Crippen molar-refractivity contribution in [1.29, 1.82) is 0 Å². The Morgan fingerprint density at radius 3 is 2.42 bits per heavy atom. The van der Waals surface area contributed by atoms with Gasteiger partial charge in [-0.3, -0.25) is 9.59 Å². The molecular weight excluding hydrogens is 471 g/mol. The van der Waals surface area contributed by atoms with Crippen molar-refractivity contribution in [3.05, 3.63) is 81.2 Å². The summed E-state index contributed by atoms with van der Waals surface area (Å²) in [6, 6.07) is 5.78. The number of hydrogen-bond acceptors (Lipinski definition) is 3. The van der Waals surface area contributed by atoms with Crippen LogP contribution in [-0.2, 0) is 24.1 Å². The fourth-order valence-corrected chi connectivity index (χ4v) is 5.39. The van der Waals surface area contributed by atoms with Crippen molar-refractivity contribution in [2.24, 2.45) is 0 Å². The number of carboxylic acids is 1. The first-order valence-corrected chi connectivity index (χ1v) is 11.8. The number of carbonyl (C=O) groups excluding carboxylic acids is 1. The smallest absolute Gasteiger partial charge is 0.307 e. The maximum absolute atomic E-state index is 15.2. The molecule has 0 unspecified atom stereocenters. The van der Waals surface area contributed by atoms with Gasteiger partial charge in [-0.2, -0.15) is 0 Å². The average molecular weight is 495 g/mol. The second-order valence-corrected chi connectivity index (χ2v) is 9.27. The number of nitrogens with zero attached hydrogens (tertiary/aromatic N) is 1. The van der Waals surface area contributed by atoms with Crippen LogP contribution in [0.3, 0.4) is 0 Å². The Morgan fingerprint density at radius 2 is 1.72 bits per heavy atom. The van der Waals surface area contributed by atoms with Gasteiger partial charge in [0.1, 0.15) is 11.6 Å². The lowest BCUT2D eigenvalue weighted by molar-refractivity contribution is -0.136. The Balaban J connectivity index is 1.71. The van der Waals surface area contributed by atoms with Crippen molar-refractivity contribution in [1.82, 2.24) is 0 Å². The largest absolute Gasteiger partial charge is 0.490 e. The predicted octanol–water partition coefficient (Wildman–Crippen LogP) is 5.54. The number of aryl methyl sites for hydroxylation is 1. The minimum Gasteiger partial charge on any atom is -0.490 e. The van der Waals surface area contributed by atoms with Crippen molar-refractivity contribution in [3.63, 3.8) is 0 Å². The molecule has 0 saturated heterocycles. The molecule has 186 valence electrons. The summed E-state index contributed by atoms with van der Waals surface area (Å²) >= 11 is 0. The molecule has 0 fully saturated rings. The molecule has 0 atom stereocenters. The van der Waals surface area contributed by atoms with Gasteiger partial charge >= 0.3 is 5.97 Å². The molecule has 0 aromatic heterocycles. The van der Waals surface area contributed by atoms with Gasteiger partial charge in [0.25, 0.3) is 5.91 Å². The molecule has 2 aliphatic rings. The Morgan fingerprint density at radius 1 is 1.00 bits per heavy atom. The molecule has 0 bridgehead atoms. The number of hydrogen-bond donors (Lipinski definition) is 1. The summed E-state index contributed by atoms with van der Waals surface area (Å²) in [5, 5.41) is 9.64. The number of ether oxygens (including phenoxy) is 1. The van der Waals surface area contributed by atoms with E-state index >= 15 is 4.39 Å². The molecule has 0 spiro atoms. The summed E-state index contributed by atoms with van der Waals surface area (Å²) in [5.74, 6) is -3.58. The Labute approximate surface area is 206 Å². The van der Waals surface area contributed by atoms with E-state index in [9.17, 15) is 23.5 Å². The number of rotatable bonds is 4. The molecule has 0 radical (unpaired) electrons. The fourth-order valence-electron chi connectivity index (χ4n) is 5.39. The number of aliphatic carboxylic acids is 1. The predicted molar refractivity (Wildman–Crippen MR) is 128 cm³/mol. The van der Waals surface area contributed by atoms with Gasteiger partial charge in [-0.25, -0.2) is 13.2 Å². The zero-order valence-corrected chi connectivity index (χ0v) is 19.9. The van der Waals surface area contributed by atoms with Crippen LogP contribution < -0.4 is 9.64 Å². The van der Waals surface area contributed by atoms with Crippen molar-refractivity contribution in [2.45, 2.75) is 39.5 Å². The van der Waals surface area contributed by atoms with E-state index in [4.69, 9.17) is 4.74 Å². The van der Waals surface area contributed by atoms with Crippen LogP contribution in [0.25, 0.3) is 11.1 Å². The lowest BCUT2D eigenvalue weighted by atomic mass is 9.84. The zero-order chi connectivity index (χ0) is 25.7. The van der Waals surface area contributed by atoms with Gasteiger partial charge in [0.05, 0.1) is 13.0 Å². The van der Waals surface area contributed by atoms with Crippen LogP contribution in [0, 0.1) is 31.3 Å². The first-order chi connectivity index (χ1) is 17.2. The van der Waals surface area contributed by atoms with Crippen LogP contribution in [0.4, 0.5) is 18.9 Å². The maximum Gasteiger partial charge on any atom is 0.307 e. The summed E-state index contributed by atoms with van der Waals surface area (Å²) in [5.41, 5.74) is 5.02. The van der Waals surface area contributed by atoms with E-state index in [1.807, 2.05) is 6.92 Å². The number of benzene rings is 3. The summed E-state index contributed by atoms with van der Waals surface area (Å²) in [6.45, 7) is 4.29. The van der Waals surface area contributed by atoms with E-state index in [0.29, 0.717) is 59.0 Å². The van der Waals surface area contributed by atoms with Crippen LogP contribution in [0.1, 0.15) is 44.6 Å². The quantitative estimate of drug-likeness (QED) is 0.516. The van der Waals surface area contributed by atoms with Gasteiger partial charge in [-0.05, 0) is 90.8 Å². The Kier molecular flexibility index (Phi) is 5.98. The molecule has 5 rings (SSSR count). The Hall–Kier alpha value is -3.81. The number of amides is 1. The van der Waals surface area contributed by atoms with E-state index in [-0.39, 0.29) is 24.3 Å². The molecule has 3 aromatic carbocycles. The van der Waals surface area contributed by atoms with Crippen LogP contribution in [-0.4, -0.2) is 30.1 Å². The zero-order valence-electron chi connectivity index (χ0n) is 19.9. The SMILES string of the molecule is Cc1cc2c(c(-c3cc(F)c4c(c3C)CCCO4)c1CC(=O)O)CCN2C(=O)c1cc(F)cc(F)c1. The second-order valence-electron chi connectivity index (χ2n) is 9.27. The normalized spacial score (nSPS) is 14.3. The van der Waals surface area contributed by atoms with Crippen molar-refractivity contribution in [2.75, 3.05) is 18.1 Å². The fraction of sp³-hybridized carbons (Fsp3) is 0.286. The monoisotopic (exact) mass is 495 g/mol. The molecule has 36 heavy (non-hydrogen) atoms. The van der Waals surface area contributed by atoms with Gasteiger partial charge in [-0.1, -0.05) is 0 Å². The number of carbonyl (C=O) groups is 2. The molecule has 8 heteroatoms. The molecule has 0 saturated carbocycles. The minimum absolute atomic E-state index is 0.123. The van der Waals surface area contributed by atoms with Crippen molar-refractivity contribution >= 4 is 17.6 Å². The van der Waals surface area contributed by atoms with Gasteiger partial charge in [0.2, 0.25) is 0 Å². The van der Waals surface area contributed by atoms with Crippen molar-refractivity contribution < 1.29 is 32.6 Å². The van der Waals surface area contributed by atoms with Crippen LogP contribution in [0.5, 0.6) is 5.75 Å². The number of fused-ring (bicyclic) bond motifs is 2. The van der Waals surface area contributed by atoms with Gasteiger partial charge in [0, 0.05) is 29.4 Å². The highest BCUT2D eigenvalue weighted by atomic mass is 19.1. The average Bonchev–Trinajstić information content (AvgIpc) is 3.24. The van der Waals surface area contributed by atoms with E-state index in [0.717, 1.165) is 29.7 Å². The van der Waals surface area contributed by atoms with Gasteiger partial charge < -0.3 is 14.7 Å². The molecule has 3 aromatic rings. The lowest BCUT2D eigenvalue weighted by Gasteiger charge is -2.25. The highest BCUT2D eigenvalue weighted by Crippen LogP contribution is 2.45. The van der Waals surface area contributed by atoms with Crippen molar-refractivity contribution in [3.8, 4) is 16.9 Å². The highest BCUT2D eigenvalue weighted by Gasteiger charge is 2.32. The third kappa shape index (κ3) is 4.00. The molecule has 2 heterocycles. The summed E-state index contributed by atoms with van der Waals surface area (Å²) < 4.78 is 48.3. The molecule has 5 nitrogen and oxygen atoms in total. The van der Waals surface area contributed by atoms with Gasteiger partial charge in [0.15, 0.2) is 11.6 Å². The van der Waals surface area contributed by atoms with Gasteiger partial charge in [-0.15, -0.1) is 0 Å². The van der Waals surface area contributed by atoms with Crippen LogP contribution >= 0.6 is 0 Å². The van der Waals surface area contributed by atoms with Crippen LogP contribution in [0.2, 0.25) is 0 Å². The third-order valence-electron chi connectivity index (χ3n) is 7.01. The molecule has 2 aliphatic heterocycles. The second kappa shape index (κ2) is 9.00. The summed E-state index contributed by atoms with van der Waals surface area (Å²) in [4.78, 5) is 26.5. The first-order valence-electron chi connectivity index (χ1n) is 11.8. The third-order valence-corrected chi connectivity index (χ3v) is 7.01. The number of carboxylic acid groups (broad SMARTS) is 1. The first kappa shape index (κ1) is 23.9. The number of halogens is 3. The summed E-state index contributed by atoms with van der Waals surface area (Å²) in [6.07, 6.45) is 1.50. The summed E-state index contributed by atoms with van der Waals surface area (Å²) in [7, 11) is 0. The maximum atomic E-state index is 15.2. The van der Waals surface area contributed by atoms with Crippen LogP contribution in [0.15, 0.2) is 30.3 Å². The topological polar surface area (TPSA) is 66.8 Å². The van der Waals surface area contributed by atoms with E-state index in [1.165, 1.54) is 11.0 Å². The standard InChI is InChI=1S/C28H24F3NO4/c1-14-8-24-20(5-6-32(24)28(35)16-9-17(29)11-18(30)10-16)26(21(14)13-25(33)34)22-12-23(31)27-19(15(22)2)4-3-7-36-27/h8-12H,3-7,13H2,1-2H3,(H,33,34).